The highest BCUT2D eigenvalue weighted by molar-refractivity contribution is 5.97. The van der Waals surface area contributed by atoms with Gasteiger partial charge in [-0.2, -0.15) is 5.10 Å². The fraction of sp³-hybridized carbons (Fsp3) is 0.346. The molecule has 204 valence electrons. The Morgan fingerprint density at radius 2 is 1.74 bits per heavy atom. The van der Waals surface area contributed by atoms with Crippen LogP contribution in [0, 0.1) is 0 Å². The number of nitrogens with zero attached hydrogens (tertiary/aromatic N) is 6. The van der Waals surface area contributed by atoms with Crippen LogP contribution in [-0.2, 0) is 14.3 Å². The molecule has 1 aromatic carbocycles. The van der Waals surface area contributed by atoms with E-state index in [2.05, 4.69) is 20.4 Å². The van der Waals surface area contributed by atoms with Gasteiger partial charge in [0.2, 0.25) is 5.91 Å². The van der Waals surface area contributed by atoms with E-state index in [-0.39, 0.29) is 57.1 Å². The molecule has 3 amide bonds. The highest BCUT2D eigenvalue weighted by atomic mass is 16.6. The zero-order valence-corrected chi connectivity index (χ0v) is 21.4. The van der Waals surface area contributed by atoms with Gasteiger partial charge in [0.25, 0.3) is 5.91 Å². The maximum absolute atomic E-state index is 13.4. The highest BCUT2D eigenvalue weighted by Gasteiger charge is 2.31. The Morgan fingerprint density at radius 1 is 1.03 bits per heavy atom. The molecule has 2 N–H and O–H groups in total. The molecule has 2 aromatic heterocycles. The topological polar surface area (TPSA) is 160 Å². The van der Waals surface area contributed by atoms with E-state index in [1.165, 1.54) is 20.5 Å². The first-order valence-corrected chi connectivity index (χ1v) is 12.5. The number of carboxylic acid groups (broad SMARTS) is 1. The summed E-state index contributed by atoms with van der Waals surface area (Å²) in [6.07, 6.45) is 2.36. The van der Waals surface area contributed by atoms with Crippen molar-refractivity contribution in [2.75, 3.05) is 32.8 Å². The Labute approximate surface area is 224 Å². The monoisotopic (exact) mass is 535 g/mol. The number of carbonyl (C=O) groups is 4. The standard InChI is InChI=1S/C26H29N7O6/c1-2-39-26(38)32-15-13-31(14-16-32)25(37)19(9-10-22(34)35)29-24(36)20-17-21(33-12-6-11-27-33)30-23(28-20)18-7-4-3-5-8-18/h3-8,11-12,17,19H,2,9-10,13-16H2,1H3,(H,29,36)(H,34,35). The van der Waals surface area contributed by atoms with Gasteiger partial charge in [-0.1, -0.05) is 30.3 Å². The number of benzene rings is 1. The van der Waals surface area contributed by atoms with Crippen LogP contribution in [0.4, 0.5) is 4.79 Å². The smallest absolute Gasteiger partial charge is 0.409 e. The van der Waals surface area contributed by atoms with Gasteiger partial charge in [0, 0.05) is 56.6 Å². The molecule has 1 unspecified atom stereocenters. The van der Waals surface area contributed by atoms with Crippen molar-refractivity contribution < 1.29 is 29.0 Å². The van der Waals surface area contributed by atoms with Crippen LogP contribution < -0.4 is 5.32 Å². The lowest BCUT2D eigenvalue weighted by molar-refractivity contribution is -0.138. The number of aliphatic carboxylic acids is 1. The number of piperazine rings is 1. The lowest BCUT2D eigenvalue weighted by Gasteiger charge is -2.35. The first kappa shape index (κ1) is 27.2. The maximum Gasteiger partial charge on any atom is 0.409 e. The van der Waals surface area contributed by atoms with Crippen molar-refractivity contribution in [3.05, 3.63) is 60.6 Å². The molecule has 0 spiro atoms. The van der Waals surface area contributed by atoms with E-state index in [1.54, 1.807) is 37.5 Å². The van der Waals surface area contributed by atoms with Crippen molar-refractivity contribution in [1.82, 2.24) is 34.9 Å². The Bertz CT molecular complexity index is 1310. The number of carbonyl (C=O) groups excluding carboxylic acids is 3. The summed E-state index contributed by atoms with van der Waals surface area (Å²) in [5, 5.41) is 16.1. The predicted molar refractivity (Wildman–Crippen MR) is 138 cm³/mol. The number of ether oxygens (including phenoxy) is 1. The molecule has 1 aliphatic heterocycles. The summed E-state index contributed by atoms with van der Waals surface area (Å²) in [7, 11) is 0. The maximum atomic E-state index is 13.4. The van der Waals surface area contributed by atoms with Crippen LogP contribution in [0.15, 0.2) is 54.9 Å². The fourth-order valence-corrected chi connectivity index (χ4v) is 4.09. The van der Waals surface area contributed by atoms with Gasteiger partial charge in [-0.15, -0.1) is 0 Å². The van der Waals surface area contributed by atoms with Gasteiger partial charge in [-0.3, -0.25) is 14.4 Å². The Hall–Kier alpha value is -4.81. The summed E-state index contributed by atoms with van der Waals surface area (Å²) in [6.45, 7) is 2.95. The molecule has 3 aromatic rings. The van der Waals surface area contributed by atoms with Gasteiger partial charge in [0.1, 0.15) is 11.7 Å². The van der Waals surface area contributed by atoms with Crippen LogP contribution in [0.1, 0.15) is 30.3 Å². The third kappa shape index (κ3) is 6.94. The number of carboxylic acids is 1. The van der Waals surface area contributed by atoms with Gasteiger partial charge >= 0.3 is 12.1 Å². The van der Waals surface area contributed by atoms with E-state index >= 15 is 0 Å². The number of aromatic nitrogens is 4. The van der Waals surface area contributed by atoms with Crippen molar-refractivity contribution in [2.45, 2.75) is 25.8 Å². The molecule has 0 aliphatic carbocycles. The zero-order valence-electron chi connectivity index (χ0n) is 21.4. The molecule has 13 heteroatoms. The minimum Gasteiger partial charge on any atom is -0.481 e. The van der Waals surface area contributed by atoms with Crippen molar-refractivity contribution >= 4 is 23.9 Å². The van der Waals surface area contributed by atoms with E-state index in [4.69, 9.17) is 4.74 Å². The highest BCUT2D eigenvalue weighted by Crippen LogP contribution is 2.18. The first-order chi connectivity index (χ1) is 18.9. The quantitative estimate of drug-likeness (QED) is 0.415. The van der Waals surface area contributed by atoms with E-state index in [0.717, 1.165) is 0 Å². The molecule has 0 bridgehead atoms. The number of rotatable bonds is 9. The van der Waals surface area contributed by atoms with Gasteiger partial charge in [-0.05, 0) is 19.4 Å². The zero-order chi connectivity index (χ0) is 27.8. The lowest BCUT2D eigenvalue weighted by atomic mass is 10.1. The summed E-state index contributed by atoms with van der Waals surface area (Å²) in [5.74, 6) is -1.54. The van der Waals surface area contributed by atoms with Crippen molar-refractivity contribution in [2.24, 2.45) is 0 Å². The van der Waals surface area contributed by atoms with Crippen molar-refractivity contribution in [3.8, 4) is 17.2 Å². The van der Waals surface area contributed by atoms with Gasteiger partial charge < -0.3 is 25.0 Å². The molecule has 0 saturated carbocycles. The summed E-state index contributed by atoms with van der Waals surface area (Å²) >= 11 is 0. The summed E-state index contributed by atoms with van der Waals surface area (Å²) < 4.78 is 6.50. The minimum absolute atomic E-state index is 0.00499. The average molecular weight is 536 g/mol. The van der Waals surface area contributed by atoms with Crippen LogP contribution >= 0.6 is 0 Å². The van der Waals surface area contributed by atoms with E-state index in [9.17, 15) is 24.3 Å². The second-order valence-electron chi connectivity index (χ2n) is 8.72. The summed E-state index contributed by atoms with van der Waals surface area (Å²) in [4.78, 5) is 62.0. The van der Waals surface area contributed by atoms with Crippen LogP contribution in [0.3, 0.4) is 0 Å². The SMILES string of the molecule is CCOC(=O)N1CCN(C(=O)C(CCC(=O)O)NC(=O)c2cc(-n3cccn3)nc(-c3ccccc3)n2)CC1. The third-order valence-corrected chi connectivity index (χ3v) is 6.08. The second kappa shape index (κ2) is 12.6. The molecule has 1 atom stereocenters. The Balaban J connectivity index is 1.55. The van der Waals surface area contributed by atoms with Crippen LogP contribution in [0.5, 0.6) is 0 Å². The molecule has 39 heavy (non-hydrogen) atoms. The normalized spacial score (nSPS) is 14.0. The van der Waals surface area contributed by atoms with Crippen molar-refractivity contribution in [1.29, 1.82) is 0 Å². The van der Waals surface area contributed by atoms with Crippen molar-refractivity contribution in [3.63, 3.8) is 0 Å². The van der Waals surface area contributed by atoms with Crippen LogP contribution in [0.2, 0.25) is 0 Å². The van der Waals surface area contributed by atoms with Gasteiger partial charge in [0.15, 0.2) is 11.6 Å². The summed E-state index contributed by atoms with van der Waals surface area (Å²) in [6, 6.07) is 11.2. The molecule has 4 rings (SSSR count). The molecular weight excluding hydrogens is 506 g/mol. The van der Waals surface area contributed by atoms with Gasteiger partial charge in [0.05, 0.1) is 6.61 Å². The Kier molecular flexibility index (Phi) is 8.82. The predicted octanol–water partition coefficient (Wildman–Crippen LogP) is 1.59. The second-order valence-corrected chi connectivity index (χ2v) is 8.72. The Morgan fingerprint density at radius 3 is 2.38 bits per heavy atom. The first-order valence-electron chi connectivity index (χ1n) is 12.5. The van der Waals surface area contributed by atoms with E-state index in [1.807, 2.05) is 18.2 Å². The molecule has 1 fully saturated rings. The largest absolute Gasteiger partial charge is 0.481 e. The lowest BCUT2D eigenvalue weighted by Crippen LogP contribution is -2.56. The average Bonchev–Trinajstić information content (AvgIpc) is 3.50. The van der Waals surface area contributed by atoms with Crippen LogP contribution in [0.25, 0.3) is 17.2 Å². The van der Waals surface area contributed by atoms with Gasteiger partial charge in [-0.25, -0.2) is 19.4 Å². The molecule has 1 aliphatic rings. The number of nitrogens with one attached hydrogen (secondary N) is 1. The molecule has 0 radical (unpaired) electrons. The number of hydrogen-bond acceptors (Lipinski definition) is 8. The third-order valence-electron chi connectivity index (χ3n) is 6.08. The number of hydrogen-bond donors (Lipinski definition) is 2. The molecule has 13 nitrogen and oxygen atoms in total. The van der Waals surface area contributed by atoms with E-state index < -0.39 is 29.9 Å². The fourth-order valence-electron chi connectivity index (χ4n) is 4.09. The molecular formula is C26H29N7O6. The summed E-state index contributed by atoms with van der Waals surface area (Å²) in [5.41, 5.74) is 0.674. The molecule has 3 heterocycles. The van der Waals surface area contributed by atoms with Crippen LogP contribution in [-0.4, -0.2) is 97.4 Å². The van der Waals surface area contributed by atoms with E-state index in [0.29, 0.717) is 11.4 Å². The molecule has 1 saturated heterocycles. The minimum atomic E-state index is -1.11. The number of amides is 3.